The molecule has 3 aromatic heterocycles. The van der Waals surface area contributed by atoms with Gasteiger partial charge in [-0.05, 0) is 24.6 Å². The number of benzene rings is 1. The van der Waals surface area contributed by atoms with Gasteiger partial charge in [0, 0.05) is 37.1 Å². The molecule has 1 amide bonds. The van der Waals surface area contributed by atoms with Gasteiger partial charge in [0.2, 0.25) is 0 Å². The molecule has 1 N–H and O–H groups in total. The lowest BCUT2D eigenvalue weighted by molar-refractivity contribution is 0.0912. The maximum absolute atomic E-state index is 12.2. The van der Waals surface area contributed by atoms with Crippen LogP contribution in [0.3, 0.4) is 0 Å². The van der Waals surface area contributed by atoms with Gasteiger partial charge in [0.15, 0.2) is 11.6 Å². The van der Waals surface area contributed by atoms with E-state index < -0.39 is 0 Å². The van der Waals surface area contributed by atoms with Gasteiger partial charge in [-0.3, -0.25) is 4.79 Å². The molecule has 0 saturated carbocycles. The largest absolute Gasteiger partial charge is 0.459 e. The van der Waals surface area contributed by atoms with E-state index in [2.05, 4.69) is 26.4 Å². The van der Waals surface area contributed by atoms with Crippen LogP contribution in [0.15, 0.2) is 71.6 Å². The molecule has 0 bridgehead atoms. The van der Waals surface area contributed by atoms with Crippen molar-refractivity contribution in [1.29, 1.82) is 0 Å². The minimum Gasteiger partial charge on any atom is -0.459 e. The van der Waals surface area contributed by atoms with Crippen molar-refractivity contribution < 1.29 is 9.21 Å². The maximum atomic E-state index is 12.2. The molecule has 0 radical (unpaired) electrons. The van der Waals surface area contributed by atoms with Crippen LogP contribution < -0.4 is 10.2 Å². The number of aromatic nitrogens is 3. The van der Waals surface area contributed by atoms with Gasteiger partial charge in [-0.15, -0.1) is 0 Å². The number of carbonyl (C=O) groups is 1. The molecule has 0 spiro atoms. The molecule has 4 heterocycles. The summed E-state index contributed by atoms with van der Waals surface area (Å²) in [5.41, 5.74) is 2.94. The molecular formula is C21H19N5O2. The van der Waals surface area contributed by atoms with Gasteiger partial charge in [-0.25, -0.2) is 9.50 Å². The zero-order chi connectivity index (χ0) is 18.9. The van der Waals surface area contributed by atoms with Gasteiger partial charge >= 0.3 is 0 Å². The first-order chi connectivity index (χ1) is 13.8. The van der Waals surface area contributed by atoms with Crippen LogP contribution in [-0.4, -0.2) is 39.6 Å². The summed E-state index contributed by atoms with van der Waals surface area (Å²) in [7, 11) is 0. The molecule has 4 aromatic rings. The summed E-state index contributed by atoms with van der Waals surface area (Å²) >= 11 is 0. The van der Waals surface area contributed by atoms with E-state index in [1.165, 1.54) is 6.26 Å². The topological polar surface area (TPSA) is 75.7 Å². The third kappa shape index (κ3) is 3.00. The highest BCUT2D eigenvalue weighted by Crippen LogP contribution is 2.27. The second-order valence-electron chi connectivity index (χ2n) is 6.86. The van der Waals surface area contributed by atoms with Crippen molar-refractivity contribution in [2.24, 2.45) is 0 Å². The fourth-order valence-electron chi connectivity index (χ4n) is 3.64. The van der Waals surface area contributed by atoms with Crippen LogP contribution in [-0.2, 0) is 0 Å². The normalized spacial score (nSPS) is 16.6. The maximum Gasteiger partial charge on any atom is 0.287 e. The van der Waals surface area contributed by atoms with Gasteiger partial charge in [0.05, 0.1) is 12.0 Å². The second-order valence-corrected chi connectivity index (χ2v) is 6.86. The van der Waals surface area contributed by atoms with Crippen LogP contribution in [0.5, 0.6) is 0 Å². The third-order valence-electron chi connectivity index (χ3n) is 5.01. The van der Waals surface area contributed by atoms with E-state index in [9.17, 15) is 4.79 Å². The Balaban J connectivity index is 1.38. The summed E-state index contributed by atoms with van der Waals surface area (Å²) in [5, 5.41) is 7.72. The number of nitrogens with one attached hydrogen (secondary N) is 1. The molecule has 1 aliphatic rings. The Hall–Kier alpha value is -3.61. The first-order valence-corrected chi connectivity index (χ1v) is 9.27. The number of hydrogen-bond donors (Lipinski definition) is 1. The second kappa shape index (κ2) is 6.84. The van der Waals surface area contributed by atoms with E-state index in [1.807, 2.05) is 41.0 Å². The summed E-state index contributed by atoms with van der Waals surface area (Å²) in [6, 6.07) is 15.6. The number of anilines is 1. The predicted molar refractivity (Wildman–Crippen MR) is 105 cm³/mol. The molecule has 1 aliphatic heterocycles. The Kier molecular flexibility index (Phi) is 4.05. The molecule has 28 heavy (non-hydrogen) atoms. The smallest absolute Gasteiger partial charge is 0.287 e. The molecule has 1 saturated heterocycles. The number of hydrogen-bond acceptors (Lipinski definition) is 5. The first kappa shape index (κ1) is 16.6. The van der Waals surface area contributed by atoms with Gasteiger partial charge in [0.25, 0.3) is 5.91 Å². The van der Waals surface area contributed by atoms with Crippen molar-refractivity contribution in [3.63, 3.8) is 0 Å². The van der Waals surface area contributed by atoms with Crippen molar-refractivity contribution in [3.05, 3.63) is 72.9 Å². The molecule has 1 atom stereocenters. The molecule has 5 rings (SSSR count). The molecule has 0 unspecified atom stereocenters. The number of carbonyl (C=O) groups excluding carboxylic acids is 1. The lowest BCUT2D eigenvalue weighted by Crippen LogP contribution is -2.37. The lowest BCUT2D eigenvalue weighted by Gasteiger charge is -2.18. The summed E-state index contributed by atoms with van der Waals surface area (Å²) < 4.78 is 7.03. The lowest BCUT2D eigenvalue weighted by atomic mass is 10.1. The highest BCUT2D eigenvalue weighted by atomic mass is 16.3. The summed E-state index contributed by atoms with van der Waals surface area (Å²) in [4.78, 5) is 19.0. The highest BCUT2D eigenvalue weighted by Gasteiger charge is 2.27. The van der Waals surface area contributed by atoms with Gasteiger partial charge in [-0.2, -0.15) is 5.10 Å². The van der Waals surface area contributed by atoms with Gasteiger partial charge < -0.3 is 14.6 Å². The highest BCUT2D eigenvalue weighted by molar-refractivity contribution is 5.91. The molecule has 7 nitrogen and oxygen atoms in total. The van der Waals surface area contributed by atoms with Gasteiger partial charge in [-0.1, -0.05) is 30.3 Å². The van der Waals surface area contributed by atoms with E-state index in [0.717, 1.165) is 35.6 Å². The summed E-state index contributed by atoms with van der Waals surface area (Å²) in [6.45, 7) is 1.52. The molecular weight excluding hydrogens is 354 g/mol. The van der Waals surface area contributed by atoms with Crippen molar-refractivity contribution in [2.75, 3.05) is 18.0 Å². The van der Waals surface area contributed by atoms with Crippen LogP contribution in [0.1, 0.15) is 17.0 Å². The van der Waals surface area contributed by atoms with E-state index in [1.54, 1.807) is 18.3 Å². The number of furan rings is 1. The zero-order valence-electron chi connectivity index (χ0n) is 15.2. The minimum absolute atomic E-state index is 0.0520. The Morgan fingerprint density at radius 1 is 1.18 bits per heavy atom. The Morgan fingerprint density at radius 3 is 2.89 bits per heavy atom. The molecule has 1 fully saturated rings. The monoisotopic (exact) mass is 373 g/mol. The average molecular weight is 373 g/mol. The number of amides is 1. The minimum atomic E-state index is -0.182. The van der Waals surface area contributed by atoms with E-state index in [-0.39, 0.29) is 11.9 Å². The standard InChI is InChI=1S/C21H19N5O2/c27-21(19-7-4-12-28-19)23-16-8-10-25(14-16)20-18-13-17(15-5-2-1-3-6-15)24-26(18)11-9-22-20/h1-7,9,11-13,16H,8,10,14H2,(H,23,27)/t16-/m1/s1. The SMILES string of the molecule is O=C(N[C@@H]1CCN(c2nccn3nc(-c4ccccc4)cc23)C1)c1ccco1. The van der Waals surface area contributed by atoms with Crippen LogP contribution in [0, 0.1) is 0 Å². The van der Waals surface area contributed by atoms with Gasteiger partial charge in [0.1, 0.15) is 5.52 Å². The predicted octanol–water partition coefficient (Wildman–Crippen LogP) is 3.00. The number of rotatable bonds is 4. The van der Waals surface area contributed by atoms with E-state index in [4.69, 9.17) is 4.42 Å². The average Bonchev–Trinajstić information content (AvgIpc) is 3.48. The Morgan fingerprint density at radius 2 is 2.07 bits per heavy atom. The van der Waals surface area contributed by atoms with Crippen LogP contribution in [0.25, 0.3) is 16.8 Å². The third-order valence-corrected chi connectivity index (χ3v) is 5.01. The van der Waals surface area contributed by atoms with Crippen LogP contribution in [0.4, 0.5) is 5.82 Å². The molecule has 0 aliphatic carbocycles. The quantitative estimate of drug-likeness (QED) is 0.595. The van der Waals surface area contributed by atoms with Crippen molar-refractivity contribution in [1.82, 2.24) is 19.9 Å². The van der Waals surface area contributed by atoms with Crippen molar-refractivity contribution in [3.8, 4) is 11.3 Å². The van der Waals surface area contributed by atoms with Crippen molar-refractivity contribution >= 4 is 17.2 Å². The fourth-order valence-corrected chi connectivity index (χ4v) is 3.64. The summed E-state index contributed by atoms with van der Waals surface area (Å²) in [5.74, 6) is 1.03. The number of fused-ring (bicyclic) bond motifs is 1. The van der Waals surface area contributed by atoms with E-state index in [0.29, 0.717) is 12.3 Å². The number of nitrogens with zero attached hydrogens (tertiary/aromatic N) is 4. The Labute approximate surface area is 161 Å². The van der Waals surface area contributed by atoms with E-state index >= 15 is 0 Å². The molecule has 1 aromatic carbocycles. The Bertz CT molecular complexity index is 1100. The molecule has 140 valence electrons. The first-order valence-electron chi connectivity index (χ1n) is 9.27. The van der Waals surface area contributed by atoms with Crippen molar-refractivity contribution in [2.45, 2.75) is 12.5 Å². The summed E-state index contributed by atoms with van der Waals surface area (Å²) in [6.07, 6.45) is 5.98. The zero-order valence-corrected chi connectivity index (χ0v) is 15.2. The molecule has 7 heteroatoms. The van der Waals surface area contributed by atoms with Crippen LogP contribution in [0.2, 0.25) is 0 Å². The van der Waals surface area contributed by atoms with Crippen LogP contribution >= 0.6 is 0 Å². The fraction of sp³-hybridized carbons (Fsp3) is 0.190.